The highest BCUT2D eigenvalue weighted by atomic mass is 35.5. The molecule has 0 amide bonds. The number of hydrogen-bond acceptors (Lipinski definition) is 4. The molecule has 20 heavy (non-hydrogen) atoms. The fourth-order valence-electron chi connectivity index (χ4n) is 1.77. The summed E-state index contributed by atoms with van der Waals surface area (Å²) in [6.07, 6.45) is -4.44. The van der Waals surface area contributed by atoms with Crippen LogP contribution in [0.15, 0.2) is 18.3 Å². The molecule has 1 aromatic rings. The van der Waals surface area contributed by atoms with Crippen molar-refractivity contribution in [2.45, 2.75) is 12.3 Å². The Bertz CT molecular complexity index is 484. The number of halogens is 4. The third-order valence-corrected chi connectivity index (χ3v) is 2.74. The van der Waals surface area contributed by atoms with Gasteiger partial charge in [0.25, 0.3) is 0 Å². The second-order valence-electron chi connectivity index (χ2n) is 4.04. The van der Waals surface area contributed by atoms with Crippen molar-refractivity contribution in [1.29, 1.82) is 0 Å². The van der Waals surface area contributed by atoms with E-state index in [4.69, 9.17) is 9.84 Å². The summed E-state index contributed by atoms with van der Waals surface area (Å²) in [4.78, 5) is 16.1. The summed E-state index contributed by atoms with van der Waals surface area (Å²) < 4.78 is 42.7. The number of carbonyl (C=O) groups is 1. The molecule has 1 atom stereocenters. The molecule has 0 radical (unpaired) electrons. The second-order valence-corrected chi connectivity index (χ2v) is 4.04. The Morgan fingerprint density at radius 1 is 1.50 bits per heavy atom. The lowest BCUT2D eigenvalue weighted by molar-refractivity contribution is -0.151. The molecule has 9 heteroatoms. The fourth-order valence-corrected chi connectivity index (χ4v) is 1.77. The van der Waals surface area contributed by atoms with E-state index < -0.39 is 23.8 Å². The van der Waals surface area contributed by atoms with Crippen LogP contribution in [0.25, 0.3) is 0 Å². The number of aromatic nitrogens is 1. The molecule has 0 saturated carbocycles. The van der Waals surface area contributed by atoms with Gasteiger partial charge >= 0.3 is 12.1 Å². The van der Waals surface area contributed by atoms with Crippen molar-refractivity contribution >= 4 is 24.2 Å². The van der Waals surface area contributed by atoms with Crippen LogP contribution < -0.4 is 4.90 Å². The van der Waals surface area contributed by atoms with Crippen LogP contribution in [0.5, 0.6) is 0 Å². The molecule has 1 unspecified atom stereocenters. The highest BCUT2D eigenvalue weighted by Crippen LogP contribution is 2.31. The first-order valence-electron chi connectivity index (χ1n) is 5.50. The van der Waals surface area contributed by atoms with Crippen LogP contribution in [0.3, 0.4) is 0 Å². The first-order chi connectivity index (χ1) is 8.88. The maximum Gasteiger partial charge on any atom is 0.416 e. The molecular weight excluding hydrogens is 301 g/mol. The average Bonchev–Trinajstić information content (AvgIpc) is 2.38. The van der Waals surface area contributed by atoms with E-state index in [-0.39, 0.29) is 31.4 Å². The highest BCUT2D eigenvalue weighted by Gasteiger charge is 2.32. The molecule has 1 N–H and O–H groups in total. The van der Waals surface area contributed by atoms with Crippen LogP contribution in [0, 0.1) is 0 Å². The van der Waals surface area contributed by atoms with E-state index in [1.807, 2.05) is 0 Å². The van der Waals surface area contributed by atoms with Crippen molar-refractivity contribution in [3.05, 3.63) is 23.9 Å². The summed E-state index contributed by atoms with van der Waals surface area (Å²) in [5.74, 6) is -1.04. The molecule has 0 aromatic carbocycles. The molecule has 2 heterocycles. The summed E-state index contributed by atoms with van der Waals surface area (Å²) in [7, 11) is 0. The van der Waals surface area contributed by atoms with E-state index in [1.54, 1.807) is 0 Å². The first-order valence-corrected chi connectivity index (χ1v) is 5.50. The summed E-state index contributed by atoms with van der Waals surface area (Å²) in [6, 6.07) is 1.78. The van der Waals surface area contributed by atoms with Crippen LogP contribution in [0.1, 0.15) is 5.56 Å². The van der Waals surface area contributed by atoms with E-state index in [1.165, 1.54) is 4.90 Å². The Morgan fingerprint density at radius 3 is 2.80 bits per heavy atom. The Morgan fingerprint density at radius 2 is 2.20 bits per heavy atom. The van der Waals surface area contributed by atoms with E-state index in [2.05, 4.69) is 4.98 Å². The Kier molecular flexibility index (Phi) is 5.18. The lowest BCUT2D eigenvalue weighted by Crippen LogP contribution is -2.46. The van der Waals surface area contributed by atoms with Crippen molar-refractivity contribution in [3.8, 4) is 0 Å². The third kappa shape index (κ3) is 3.73. The van der Waals surface area contributed by atoms with Gasteiger partial charge in [0, 0.05) is 12.7 Å². The van der Waals surface area contributed by atoms with Gasteiger partial charge in [-0.15, -0.1) is 12.4 Å². The van der Waals surface area contributed by atoms with Crippen molar-refractivity contribution in [2.75, 3.05) is 24.6 Å². The van der Waals surface area contributed by atoms with E-state index in [0.29, 0.717) is 6.54 Å². The summed E-state index contributed by atoms with van der Waals surface area (Å²) in [5, 5.41) is 8.83. The Hall–Kier alpha value is -1.54. The van der Waals surface area contributed by atoms with Crippen LogP contribution in [-0.4, -0.2) is 41.9 Å². The van der Waals surface area contributed by atoms with E-state index in [0.717, 1.165) is 18.3 Å². The number of ether oxygens (including phenoxy) is 1. The van der Waals surface area contributed by atoms with E-state index in [9.17, 15) is 18.0 Å². The molecule has 1 aromatic heterocycles. The molecule has 1 aliphatic heterocycles. The van der Waals surface area contributed by atoms with Crippen molar-refractivity contribution in [1.82, 2.24) is 4.98 Å². The average molecular weight is 313 g/mol. The Labute approximate surface area is 118 Å². The van der Waals surface area contributed by atoms with Gasteiger partial charge in [-0.3, -0.25) is 0 Å². The second kappa shape index (κ2) is 6.27. The number of hydrogen-bond donors (Lipinski definition) is 1. The molecule has 0 aliphatic carbocycles. The number of morpholine rings is 1. The predicted molar refractivity (Wildman–Crippen MR) is 66.1 cm³/mol. The van der Waals surface area contributed by atoms with Gasteiger partial charge in [-0.2, -0.15) is 13.2 Å². The van der Waals surface area contributed by atoms with Crippen LogP contribution in [0.2, 0.25) is 0 Å². The van der Waals surface area contributed by atoms with Crippen molar-refractivity contribution in [3.63, 3.8) is 0 Å². The summed E-state index contributed by atoms with van der Waals surface area (Å²) in [5.41, 5.74) is -0.809. The molecule has 1 fully saturated rings. The topological polar surface area (TPSA) is 62.7 Å². The number of anilines is 1. The highest BCUT2D eigenvalue weighted by molar-refractivity contribution is 5.85. The molecule has 112 valence electrons. The lowest BCUT2D eigenvalue weighted by atomic mass is 10.2. The van der Waals surface area contributed by atoms with Gasteiger partial charge in [0.1, 0.15) is 5.82 Å². The zero-order valence-corrected chi connectivity index (χ0v) is 10.9. The van der Waals surface area contributed by atoms with Gasteiger partial charge in [0.2, 0.25) is 0 Å². The molecule has 0 spiro atoms. The maximum atomic E-state index is 12.6. The molecular formula is C11H12ClF3N2O3. The van der Waals surface area contributed by atoms with Gasteiger partial charge in [-0.05, 0) is 12.1 Å². The summed E-state index contributed by atoms with van der Waals surface area (Å²) in [6.45, 7) is 0.413. The normalized spacial score (nSPS) is 19.4. The zero-order valence-electron chi connectivity index (χ0n) is 10.1. The largest absolute Gasteiger partial charge is 0.479 e. The van der Waals surface area contributed by atoms with Gasteiger partial charge < -0.3 is 14.7 Å². The molecule has 2 rings (SSSR count). The van der Waals surface area contributed by atoms with Crippen molar-refractivity contribution in [2.24, 2.45) is 0 Å². The standard InChI is InChI=1S/C11H11F3N2O3.ClH/c12-11(13,14)7-1-2-15-9(5-7)16-3-4-19-8(6-16)10(17)18;/h1-2,5,8H,3-4,6H2,(H,17,18);1H. The number of nitrogens with zero attached hydrogens (tertiary/aromatic N) is 2. The maximum absolute atomic E-state index is 12.6. The first kappa shape index (κ1) is 16.5. The van der Waals surface area contributed by atoms with Gasteiger partial charge in [0.15, 0.2) is 6.10 Å². The van der Waals surface area contributed by atoms with Gasteiger partial charge in [-0.25, -0.2) is 9.78 Å². The zero-order chi connectivity index (χ0) is 14.0. The minimum Gasteiger partial charge on any atom is -0.479 e. The van der Waals surface area contributed by atoms with Crippen LogP contribution >= 0.6 is 12.4 Å². The third-order valence-electron chi connectivity index (χ3n) is 2.74. The minimum absolute atomic E-state index is 0. The number of carboxylic acid groups (broad SMARTS) is 1. The number of aliphatic carboxylic acids is 1. The minimum atomic E-state index is -4.45. The quantitative estimate of drug-likeness (QED) is 0.902. The molecule has 5 nitrogen and oxygen atoms in total. The number of rotatable bonds is 2. The van der Waals surface area contributed by atoms with Crippen LogP contribution in [-0.2, 0) is 15.7 Å². The van der Waals surface area contributed by atoms with Crippen molar-refractivity contribution < 1.29 is 27.8 Å². The lowest BCUT2D eigenvalue weighted by Gasteiger charge is -2.31. The van der Waals surface area contributed by atoms with Crippen LogP contribution in [0.4, 0.5) is 19.0 Å². The van der Waals surface area contributed by atoms with Gasteiger partial charge in [0.05, 0.1) is 18.7 Å². The molecule has 0 bridgehead atoms. The number of alkyl halides is 3. The summed E-state index contributed by atoms with van der Waals surface area (Å²) >= 11 is 0. The monoisotopic (exact) mass is 312 g/mol. The van der Waals surface area contributed by atoms with Gasteiger partial charge in [-0.1, -0.05) is 0 Å². The number of pyridine rings is 1. The Balaban J connectivity index is 0.00000200. The fraction of sp³-hybridized carbons (Fsp3) is 0.455. The molecule has 1 saturated heterocycles. The number of carboxylic acids is 1. The van der Waals surface area contributed by atoms with E-state index >= 15 is 0 Å². The smallest absolute Gasteiger partial charge is 0.416 e. The molecule has 1 aliphatic rings. The SMILES string of the molecule is Cl.O=C(O)C1CN(c2cc(C(F)(F)F)ccn2)CCO1. The predicted octanol–water partition coefficient (Wildman–Crippen LogP) is 1.81.